The highest BCUT2D eigenvalue weighted by Crippen LogP contribution is 2.24. The first-order valence-corrected chi connectivity index (χ1v) is 8.70. The molecule has 0 radical (unpaired) electrons. The largest absolute Gasteiger partial charge is 0.394 e. The molecule has 0 aliphatic carbocycles. The van der Waals surface area contributed by atoms with Gasteiger partial charge in [0.25, 0.3) is 5.91 Å². The Bertz CT molecular complexity index is 1040. The van der Waals surface area contributed by atoms with Crippen molar-refractivity contribution in [3.8, 4) is 0 Å². The molecule has 0 spiro atoms. The fourth-order valence-corrected chi connectivity index (χ4v) is 2.66. The quantitative estimate of drug-likeness (QED) is 0.408. The van der Waals surface area contributed by atoms with Crippen LogP contribution in [0.25, 0.3) is 0 Å². The van der Waals surface area contributed by atoms with Crippen molar-refractivity contribution in [2.24, 2.45) is 5.73 Å². The monoisotopic (exact) mass is 423 g/mol. The van der Waals surface area contributed by atoms with E-state index in [1.54, 1.807) is 6.20 Å². The molecule has 0 unspecified atom stereocenters. The second-order valence-corrected chi connectivity index (χ2v) is 6.21. The topological polar surface area (TPSA) is 131 Å². The number of hydrogen-bond acceptors (Lipinski definition) is 7. The fraction of sp³-hybridized carbons (Fsp3) is 0.176. The number of aromatic nitrogens is 4. The summed E-state index contributed by atoms with van der Waals surface area (Å²) in [4.78, 5) is 19.8. The molecule has 2 aromatic heterocycles. The number of anilines is 3. The van der Waals surface area contributed by atoms with Crippen LogP contribution < -0.4 is 16.4 Å². The molecule has 5 N–H and O–H groups in total. The van der Waals surface area contributed by atoms with E-state index in [0.29, 0.717) is 12.2 Å². The van der Waals surface area contributed by atoms with E-state index < -0.39 is 17.5 Å². The summed E-state index contributed by atoms with van der Waals surface area (Å²) >= 11 is 5.81. The van der Waals surface area contributed by atoms with Gasteiger partial charge < -0.3 is 21.5 Å². The maximum absolute atomic E-state index is 14.0. The number of hydrogen-bond donors (Lipinski definition) is 4. The van der Waals surface area contributed by atoms with Gasteiger partial charge in [0, 0.05) is 24.5 Å². The van der Waals surface area contributed by atoms with Gasteiger partial charge in [-0.05, 0) is 12.1 Å². The molecule has 0 saturated heterocycles. The highest BCUT2D eigenvalue weighted by atomic mass is 35.5. The smallest absolute Gasteiger partial charge is 0.254 e. The summed E-state index contributed by atoms with van der Waals surface area (Å²) in [6, 6.07) is 1.86. The molecule has 152 valence electrons. The molecule has 3 rings (SSSR count). The molecular formula is C17H16ClF2N7O2. The summed E-state index contributed by atoms with van der Waals surface area (Å²) in [7, 11) is 0. The minimum Gasteiger partial charge on any atom is -0.394 e. The number of halogens is 3. The summed E-state index contributed by atoms with van der Waals surface area (Å²) in [6.45, 7) is 0.00169. The van der Waals surface area contributed by atoms with Gasteiger partial charge >= 0.3 is 0 Å². The first kappa shape index (κ1) is 20.4. The lowest BCUT2D eigenvalue weighted by Crippen LogP contribution is -2.17. The number of aliphatic hydroxyl groups is 1. The van der Waals surface area contributed by atoms with Crippen molar-refractivity contribution in [2.45, 2.75) is 13.1 Å². The van der Waals surface area contributed by atoms with Gasteiger partial charge in [-0.3, -0.25) is 9.48 Å². The zero-order valence-electron chi connectivity index (χ0n) is 14.9. The van der Waals surface area contributed by atoms with Crippen LogP contribution in [0.4, 0.5) is 26.2 Å². The summed E-state index contributed by atoms with van der Waals surface area (Å²) < 4.78 is 29.1. The molecule has 1 amide bonds. The normalized spacial score (nSPS) is 10.8. The zero-order valence-corrected chi connectivity index (χ0v) is 15.6. The summed E-state index contributed by atoms with van der Waals surface area (Å²) in [5.41, 5.74) is 5.70. The van der Waals surface area contributed by atoms with Gasteiger partial charge in [0.1, 0.15) is 17.5 Å². The van der Waals surface area contributed by atoms with Gasteiger partial charge in [-0.1, -0.05) is 11.6 Å². The molecule has 29 heavy (non-hydrogen) atoms. The van der Waals surface area contributed by atoms with E-state index in [1.165, 1.54) is 17.1 Å². The van der Waals surface area contributed by atoms with Gasteiger partial charge in [0.2, 0.25) is 5.95 Å². The molecular weight excluding hydrogens is 408 g/mol. The van der Waals surface area contributed by atoms with Crippen molar-refractivity contribution < 1.29 is 18.7 Å². The Morgan fingerprint density at radius 3 is 2.76 bits per heavy atom. The molecule has 0 saturated carbocycles. The Balaban J connectivity index is 1.83. The third-order valence-corrected chi connectivity index (χ3v) is 4.25. The predicted octanol–water partition coefficient (Wildman–Crippen LogP) is 2.05. The van der Waals surface area contributed by atoms with Crippen LogP contribution in [0.5, 0.6) is 0 Å². The van der Waals surface area contributed by atoms with E-state index in [9.17, 15) is 13.6 Å². The number of rotatable bonds is 8. The molecule has 0 aliphatic heterocycles. The van der Waals surface area contributed by atoms with Crippen LogP contribution in [0, 0.1) is 11.6 Å². The summed E-state index contributed by atoms with van der Waals surface area (Å²) in [5.74, 6) is -2.18. The Hall–Kier alpha value is -3.31. The Morgan fingerprint density at radius 2 is 2.03 bits per heavy atom. The van der Waals surface area contributed by atoms with Gasteiger partial charge in [-0.2, -0.15) is 10.1 Å². The van der Waals surface area contributed by atoms with E-state index in [2.05, 4.69) is 25.7 Å². The van der Waals surface area contributed by atoms with Crippen LogP contribution in [-0.2, 0) is 13.1 Å². The summed E-state index contributed by atoms with van der Waals surface area (Å²) in [5, 5.41) is 18.2. The van der Waals surface area contributed by atoms with Crippen LogP contribution in [-0.4, -0.2) is 37.4 Å². The Labute approximate surface area is 168 Å². The molecule has 12 heteroatoms. The van der Waals surface area contributed by atoms with Crippen LogP contribution in [0.15, 0.2) is 30.7 Å². The van der Waals surface area contributed by atoms with Crippen molar-refractivity contribution in [2.75, 3.05) is 17.2 Å². The predicted molar refractivity (Wildman–Crippen MR) is 102 cm³/mol. The number of carbonyl (C=O) groups excluding carboxylic acids is 1. The number of primary amides is 1. The molecule has 0 atom stereocenters. The van der Waals surface area contributed by atoms with E-state index in [4.69, 9.17) is 22.4 Å². The lowest BCUT2D eigenvalue weighted by molar-refractivity contribution is 0.100. The first-order valence-electron chi connectivity index (χ1n) is 8.32. The third-order valence-electron chi connectivity index (χ3n) is 3.84. The van der Waals surface area contributed by atoms with Crippen molar-refractivity contribution in [1.82, 2.24) is 19.7 Å². The van der Waals surface area contributed by atoms with Crippen molar-refractivity contribution >= 4 is 35.0 Å². The Kier molecular flexibility index (Phi) is 6.20. The second kappa shape index (κ2) is 8.80. The molecule has 2 heterocycles. The number of benzene rings is 1. The summed E-state index contributed by atoms with van der Waals surface area (Å²) in [6.07, 6.45) is 4.31. The average Bonchev–Trinajstić information content (AvgIpc) is 3.12. The molecule has 1 aromatic carbocycles. The molecule has 3 aromatic rings. The standard InChI is InChI=1S/C17H16ClF2N7O2/c18-14-10(12(19)1-2-13(14)20)6-22-16-11(15(21)29)7-23-17(26-16)25-9-5-24-27(8-9)3-4-28/h1-2,5,7-8,28H,3-4,6H2,(H2,21,29)(H2,22,23,25,26). The van der Waals surface area contributed by atoms with Gasteiger partial charge in [-0.15, -0.1) is 0 Å². The first-order chi connectivity index (χ1) is 13.9. The fourth-order valence-electron chi connectivity index (χ4n) is 2.44. The van der Waals surface area contributed by atoms with Crippen molar-refractivity contribution in [3.63, 3.8) is 0 Å². The highest BCUT2D eigenvalue weighted by Gasteiger charge is 2.16. The maximum Gasteiger partial charge on any atom is 0.254 e. The molecule has 9 nitrogen and oxygen atoms in total. The van der Waals surface area contributed by atoms with Crippen molar-refractivity contribution in [3.05, 3.63) is 58.5 Å². The number of nitrogens with zero attached hydrogens (tertiary/aromatic N) is 4. The number of nitrogens with one attached hydrogen (secondary N) is 2. The number of nitrogens with two attached hydrogens (primary N) is 1. The minimum absolute atomic E-state index is 0.0116. The van der Waals surface area contributed by atoms with E-state index in [-0.39, 0.29) is 41.1 Å². The van der Waals surface area contributed by atoms with E-state index in [1.807, 2.05) is 0 Å². The lowest BCUT2D eigenvalue weighted by atomic mass is 10.2. The SMILES string of the molecule is NC(=O)c1cnc(Nc2cnn(CCO)c2)nc1NCc1c(F)ccc(F)c1Cl. The van der Waals surface area contributed by atoms with Gasteiger partial charge in [0.15, 0.2) is 0 Å². The number of carbonyl (C=O) groups is 1. The van der Waals surface area contributed by atoms with E-state index in [0.717, 1.165) is 12.1 Å². The van der Waals surface area contributed by atoms with Crippen LogP contribution in [0.1, 0.15) is 15.9 Å². The van der Waals surface area contributed by atoms with Crippen LogP contribution in [0.3, 0.4) is 0 Å². The van der Waals surface area contributed by atoms with E-state index >= 15 is 0 Å². The third kappa shape index (κ3) is 4.76. The molecule has 0 fully saturated rings. The second-order valence-electron chi connectivity index (χ2n) is 5.84. The molecule has 0 bridgehead atoms. The number of aliphatic hydroxyl groups excluding tert-OH is 1. The van der Waals surface area contributed by atoms with Gasteiger partial charge in [-0.25, -0.2) is 13.8 Å². The Morgan fingerprint density at radius 1 is 1.28 bits per heavy atom. The minimum atomic E-state index is -0.805. The lowest BCUT2D eigenvalue weighted by Gasteiger charge is -2.12. The van der Waals surface area contributed by atoms with Gasteiger partial charge in [0.05, 0.1) is 35.6 Å². The van der Waals surface area contributed by atoms with Crippen LogP contribution >= 0.6 is 11.6 Å². The maximum atomic E-state index is 14.0. The average molecular weight is 424 g/mol. The highest BCUT2D eigenvalue weighted by molar-refractivity contribution is 6.31. The molecule has 0 aliphatic rings. The van der Waals surface area contributed by atoms with Crippen molar-refractivity contribution in [1.29, 1.82) is 0 Å². The van der Waals surface area contributed by atoms with Crippen LogP contribution in [0.2, 0.25) is 5.02 Å². The number of amides is 1. The zero-order chi connectivity index (χ0) is 21.0.